The second kappa shape index (κ2) is 9.74. The molecular formula is C16H17N8NaO5S2. The number of aromatic amines is 1. The predicted octanol–water partition coefficient (Wildman–Crippen LogP) is -1.18. The summed E-state index contributed by atoms with van der Waals surface area (Å²) in [5, 5.41) is 29.8. The van der Waals surface area contributed by atoms with Crippen LogP contribution in [-0.4, -0.2) is 112 Å². The molecule has 13 nitrogen and oxygen atoms in total. The molecule has 0 bridgehead atoms. The van der Waals surface area contributed by atoms with Crippen molar-refractivity contribution < 1.29 is 24.3 Å². The van der Waals surface area contributed by atoms with Crippen molar-refractivity contribution >= 4 is 98.9 Å². The average molecular weight is 488 g/mol. The SMILES string of the molecule is CC(=O)Nc1nnc(C2=C(C(=O)O)N3C(=O)C(NC(=O)CC4N=CSC4=N)[C@H]3SC2)[nH]1.[NaH]. The minimum absolute atomic E-state index is 0. The van der Waals surface area contributed by atoms with E-state index in [2.05, 4.69) is 30.8 Å². The van der Waals surface area contributed by atoms with E-state index in [1.807, 2.05) is 0 Å². The van der Waals surface area contributed by atoms with Gasteiger partial charge in [-0.15, -0.1) is 22.0 Å². The molecule has 3 atom stereocenters. The Balaban J connectivity index is 0.00000289. The number of hydrogen-bond acceptors (Lipinski definition) is 10. The van der Waals surface area contributed by atoms with Crippen molar-refractivity contribution in [2.24, 2.45) is 4.99 Å². The van der Waals surface area contributed by atoms with Gasteiger partial charge in [0.2, 0.25) is 17.8 Å². The van der Waals surface area contributed by atoms with Gasteiger partial charge in [-0.3, -0.25) is 35.0 Å². The molecule has 0 saturated carbocycles. The molecule has 3 aliphatic rings. The van der Waals surface area contributed by atoms with Crippen LogP contribution in [0.5, 0.6) is 0 Å². The molecular weight excluding hydrogens is 471 g/mol. The van der Waals surface area contributed by atoms with Gasteiger partial charge in [-0.05, 0) is 0 Å². The van der Waals surface area contributed by atoms with Crippen LogP contribution in [0.15, 0.2) is 10.7 Å². The van der Waals surface area contributed by atoms with Crippen molar-refractivity contribution in [3.63, 3.8) is 0 Å². The molecule has 3 amide bonds. The van der Waals surface area contributed by atoms with E-state index in [0.29, 0.717) is 0 Å². The normalized spacial score (nSPS) is 23.9. The molecule has 1 aromatic rings. The number of anilines is 1. The zero-order valence-electron chi connectivity index (χ0n) is 15.9. The van der Waals surface area contributed by atoms with Gasteiger partial charge in [0.1, 0.15) is 23.2 Å². The number of carbonyl (C=O) groups excluding carboxylic acids is 3. The molecule has 5 N–H and O–H groups in total. The number of H-pyrrole nitrogens is 1. The number of aliphatic carboxylic acids is 1. The second-order valence-electron chi connectivity index (χ2n) is 6.75. The van der Waals surface area contributed by atoms with Crippen LogP contribution in [0.3, 0.4) is 0 Å². The van der Waals surface area contributed by atoms with E-state index in [-0.39, 0.29) is 75.7 Å². The van der Waals surface area contributed by atoms with Crippen LogP contribution in [-0.2, 0) is 19.2 Å². The monoisotopic (exact) mass is 488 g/mol. The standard InChI is InChI=1S/C16H16N8O5S2.Na.H/c1-5(25)19-16-21-12(22-23-16)6-3-30-14-9(13(27)24(14)10(6)15(28)29)20-8(26)2-7-11(17)31-4-18-7;;/h4,7,9,14,17H,2-3H2,1H3,(H,20,26)(H,28,29)(H2,19,21,22,23,25);;/t7?,9?,14-;;/m1../s1. The first-order chi connectivity index (χ1) is 14.8. The van der Waals surface area contributed by atoms with Crippen molar-refractivity contribution in [2.45, 2.75) is 30.8 Å². The Bertz CT molecular complexity index is 1070. The third-order valence-electron chi connectivity index (χ3n) is 4.66. The Morgan fingerprint density at radius 2 is 2.12 bits per heavy atom. The van der Waals surface area contributed by atoms with Gasteiger partial charge in [0.05, 0.1) is 17.0 Å². The van der Waals surface area contributed by atoms with E-state index in [0.717, 1.165) is 16.7 Å². The van der Waals surface area contributed by atoms with Gasteiger partial charge in [-0.1, -0.05) is 11.8 Å². The molecule has 0 spiro atoms. The average Bonchev–Trinajstić information content (AvgIpc) is 3.33. The molecule has 2 unspecified atom stereocenters. The number of hydrogen-bond donors (Lipinski definition) is 5. The maximum atomic E-state index is 12.7. The summed E-state index contributed by atoms with van der Waals surface area (Å²) in [6.07, 6.45) is -0.0552. The number of aromatic nitrogens is 3. The zero-order chi connectivity index (χ0) is 22.3. The molecule has 4 heterocycles. The molecule has 164 valence electrons. The van der Waals surface area contributed by atoms with Gasteiger partial charge >= 0.3 is 35.5 Å². The molecule has 1 aromatic heterocycles. The summed E-state index contributed by atoms with van der Waals surface area (Å²) in [5.41, 5.74) is 1.50. The van der Waals surface area contributed by atoms with Crippen molar-refractivity contribution in [3.8, 4) is 0 Å². The molecule has 32 heavy (non-hydrogen) atoms. The fourth-order valence-electron chi connectivity index (χ4n) is 3.28. The predicted molar refractivity (Wildman–Crippen MR) is 120 cm³/mol. The van der Waals surface area contributed by atoms with Crippen LogP contribution in [0.25, 0.3) is 5.57 Å². The molecule has 3 aliphatic heterocycles. The van der Waals surface area contributed by atoms with Crippen LogP contribution >= 0.6 is 23.5 Å². The Kier molecular flexibility index (Phi) is 7.44. The van der Waals surface area contributed by atoms with Gasteiger partial charge in [-0.2, -0.15) is 0 Å². The number of aliphatic imine (C=N–C) groups is 1. The van der Waals surface area contributed by atoms with Crippen LogP contribution in [0, 0.1) is 5.41 Å². The van der Waals surface area contributed by atoms with E-state index in [1.165, 1.54) is 24.2 Å². The molecule has 0 aromatic carbocycles. The number of nitrogens with one attached hydrogen (secondary N) is 4. The molecule has 0 aliphatic carbocycles. The molecule has 4 rings (SSSR count). The number of rotatable bonds is 6. The first kappa shape index (κ1) is 24.4. The summed E-state index contributed by atoms with van der Waals surface area (Å²) in [4.78, 5) is 56.0. The summed E-state index contributed by atoms with van der Waals surface area (Å²) < 4.78 is 0. The first-order valence-corrected chi connectivity index (χ1v) is 10.9. The van der Waals surface area contributed by atoms with E-state index in [9.17, 15) is 24.3 Å². The van der Waals surface area contributed by atoms with E-state index in [4.69, 9.17) is 5.41 Å². The van der Waals surface area contributed by atoms with Crippen molar-refractivity contribution in [2.75, 3.05) is 11.1 Å². The van der Waals surface area contributed by atoms with Gasteiger partial charge in [-0.25, -0.2) is 4.79 Å². The van der Waals surface area contributed by atoms with Gasteiger partial charge in [0.25, 0.3) is 5.91 Å². The van der Waals surface area contributed by atoms with Crippen molar-refractivity contribution in [3.05, 3.63) is 11.5 Å². The van der Waals surface area contributed by atoms with Crippen molar-refractivity contribution in [1.29, 1.82) is 5.41 Å². The number of amides is 3. The second-order valence-corrected chi connectivity index (χ2v) is 8.74. The first-order valence-electron chi connectivity index (χ1n) is 8.94. The Morgan fingerprint density at radius 3 is 2.75 bits per heavy atom. The van der Waals surface area contributed by atoms with Crippen LogP contribution < -0.4 is 10.6 Å². The molecule has 16 heteroatoms. The van der Waals surface area contributed by atoms with Gasteiger partial charge < -0.3 is 15.4 Å². The maximum absolute atomic E-state index is 12.7. The number of nitrogens with zero attached hydrogens (tertiary/aromatic N) is 4. The summed E-state index contributed by atoms with van der Waals surface area (Å²) in [6.45, 7) is 1.29. The van der Waals surface area contributed by atoms with Crippen LogP contribution in [0.1, 0.15) is 19.2 Å². The topological polar surface area (TPSA) is 194 Å². The van der Waals surface area contributed by atoms with Crippen molar-refractivity contribution in [1.82, 2.24) is 25.4 Å². The van der Waals surface area contributed by atoms with E-state index >= 15 is 0 Å². The Hall–Kier alpha value is -2.20. The third kappa shape index (κ3) is 4.61. The van der Waals surface area contributed by atoms with E-state index < -0.39 is 35.2 Å². The number of fused-ring (bicyclic) bond motifs is 1. The van der Waals surface area contributed by atoms with Crippen LogP contribution in [0.4, 0.5) is 5.95 Å². The Labute approximate surface area is 211 Å². The fraction of sp³-hybridized carbons (Fsp3) is 0.375. The summed E-state index contributed by atoms with van der Waals surface area (Å²) >= 11 is 2.41. The van der Waals surface area contributed by atoms with Gasteiger partial charge in [0.15, 0.2) is 5.82 Å². The summed E-state index contributed by atoms with van der Waals surface area (Å²) in [6, 6.07) is -1.43. The molecule has 1 saturated heterocycles. The van der Waals surface area contributed by atoms with E-state index in [1.54, 1.807) is 0 Å². The number of β-lactam (4-membered cyclic amide) rings is 1. The summed E-state index contributed by atoms with van der Waals surface area (Å²) in [7, 11) is 0. The molecule has 1 fully saturated rings. The summed E-state index contributed by atoms with van der Waals surface area (Å²) in [5.74, 6) is -2.29. The minimum atomic E-state index is -1.32. The molecule has 0 radical (unpaired) electrons. The number of carboxylic acid groups (broad SMARTS) is 1. The van der Waals surface area contributed by atoms with Crippen LogP contribution in [0.2, 0.25) is 0 Å². The quantitative estimate of drug-likeness (QED) is 0.242. The zero-order valence-corrected chi connectivity index (χ0v) is 17.5. The van der Waals surface area contributed by atoms with Gasteiger partial charge in [0, 0.05) is 18.2 Å². The number of carbonyl (C=O) groups is 4. The number of carboxylic acids is 1. The Morgan fingerprint density at radius 1 is 1.38 bits per heavy atom. The fourth-order valence-corrected chi connectivity index (χ4v) is 5.25. The number of thioether (sulfide) groups is 2. The third-order valence-corrected chi connectivity index (χ3v) is 6.69.